The van der Waals surface area contributed by atoms with Crippen molar-refractivity contribution < 1.29 is 4.79 Å². The number of carbonyl (C=O) groups excluding carboxylic acids is 1. The highest BCUT2D eigenvalue weighted by molar-refractivity contribution is 6.31. The van der Waals surface area contributed by atoms with E-state index in [2.05, 4.69) is 5.32 Å². The number of carbonyl (C=O) groups is 1. The largest absolute Gasteiger partial charge is 0.384 e. The summed E-state index contributed by atoms with van der Waals surface area (Å²) in [7, 11) is 0. The first-order valence-corrected chi connectivity index (χ1v) is 6.75. The average Bonchev–Trinajstić information content (AvgIpc) is 2.88. The van der Waals surface area contributed by atoms with Gasteiger partial charge in [-0.2, -0.15) is 0 Å². The van der Waals surface area contributed by atoms with Crippen molar-refractivity contribution in [2.75, 3.05) is 11.9 Å². The summed E-state index contributed by atoms with van der Waals surface area (Å²) in [5, 5.41) is 3.94. The number of hydrogen-bond acceptors (Lipinski definition) is 2. The van der Waals surface area contributed by atoms with Gasteiger partial charge in [0.05, 0.1) is 0 Å². The van der Waals surface area contributed by atoms with E-state index in [4.69, 9.17) is 11.6 Å². The average molecular weight is 272 g/mol. The Morgan fingerprint density at radius 3 is 2.89 bits per heavy atom. The fourth-order valence-electron chi connectivity index (χ4n) is 2.40. The Kier molecular flexibility index (Phi) is 3.26. The first-order valence-electron chi connectivity index (χ1n) is 6.37. The van der Waals surface area contributed by atoms with Crippen molar-refractivity contribution in [1.82, 2.24) is 0 Å². The summed E-state index contributed by atoms with van der Waals surface area (Å²) in [6.45, 7) is 0.956. The van der Waals surface area contributed by atoms with E-state index in [1.54, 1.807) is 0 Å². The Morgan fingerprint density at radius 1 is 1.21 bits per heavy atom. The molecule has 0 fully saturated rings. The summed E-state index contributed by atoms with van der Waals surface area (Å²) in [5.74, 6) is 0.114. The van der Waals surface area contributed by atoms with Crippen LogP contribution in [0.3, 0.4) is 0 Å². The summed E-state index contributed by atoms with van der Waals surface area (Å²) in [6, 6.07) is 13.4. The van der Waals surface area contributed by atoms with Gasteiger partial charge in [-0.3, -0.25) is 4.79 Å². The molecule has 1 heterocycles. The van der Waals surface area contributed by atoms with E-state index in [0.29, 0.717) is 11.4 Å². The zero-order chi connectivity index (χ0) is 13.2. The molecule has 0 unspecified atom stereocenters. The van der Waals surface area contributed by atoms with Gasteiger partial charge in [-0.25, -0.2) is 0 Å². The van der Waals surface area contributed by atoms with Gasteiger partial charge in [0, 0.05) is 29.2 Å². The van der Waals surface area contributed by atoms with Crippen LogP contribution in [0.2, 0.25) is 5.02 Å². The summed E-state index contributed by atoms with van der Waals surface area (Å²) in [4.78, 5) is 12.3. The monoisotopic (exact) mass is 271 g/mol. The molecule has 0 atom stereocenters. The maximum Gasteiger partial charge on any atom is 0.167 e. The van der Waals surface area contributed by atoms with Crippen LogP contribution in [-0.2, 0) is 12.8 Å². The number of Topliss-reactive ketones (excluding diaryl/α,β-unsaturated/α-hetero) is 1. The van der Waals surface area contributed by atoms with E-state index in [1.165, 1.54) is 5.56 Å². The molecule has 19 heavy (non-hydrogen) atoms. The van der Waals surface area contributed by atoms with Crippen LogP contribution in [0.5, 0.6) is 0 Å². The van der Waals surface area contributed by atoms with Gasteiger partial charge in [0.25, 0.3) is 0 Å². The molecule has 0 saturated carbocycles. The van der Waals surface area contributed by atoms with Gasteiger partial charge in [0.15, 0.2) is 5.78 Å². The molecule has 2 nitrogen and oxygen atoms in total. The maximum absolute atomic E-state index is 12.3. The van der Waals surface area contributed by atoms with Crippen LogP contribution in [-0.4, -0.2) is 12.3 Å². The van der Waals surface area contributed by atoms with Crippen molar-refractivity contribution in [2.24, 2.45) is 0 Å². The quantitative estimate of drug-likeness (QED) is 0.862. The maximum atomic E-state index is 12.3. The predicted octanol–water partition coefficient (Wildman–Crippen LogP) is 3.73. The zero-order valence-electron chi connectivity index (χ0n) is 10.4. The van der Waals surface area contributed by atoms with Crippen LogP contribution in [0, 0.1) is 0 Å². The third-order valence-corrected chi connectivity index (χ3v) is 3.81. The van der Waals surface area contributed by atoms with Crippen molar-refractivity contribution in [3.63, 3.8) is 0 Å². The smallest absolute Gasteiger partial charge is 0.167 e. The standard InChI is InChI=1S/C16H14ClNO/c17-14-4-2-1-3-11(14)10-16(19)13-5-6-15-12(9-13)7-8-18-15/h1-6,9,18H,7-8,10H2. The van der Waals surface area contributed by atoms with Crippen LogP contribution >= 0.6 is 11.6 Å². The molecule has 3 rings (SSSR count). The van der Waals surface area contributed by atoms with Crippen LogP contribution in [0.15, 0.2) is 42.5 Å². The number of anilines is 1. The molecule has 0 aromatic heterocycles. The van der Waals surface area contributed by atoms with Crippen molar-refractivity contribution in [3.8, 4) is 0 Å². The number of halogens is 1. The lowest BCUT2D eigenvalue weighted by molar-refractivity contribution is 0.0993. The van der Waals surface area contributed by atoms with Crippen molar-refractivity contribution >= 4 is 23.1 Å². The number of rotatable bonds is 3. The van der Waals surface area contributed by atoms with E-state index >= 15 is 0 Å². The van der Waals surface area contributed by atoms with Gasteiger partial charge in [0.1, 0.15) is 0 Å². The molecular formula is C16H14ClNO. The SMILES string of the molecule is O=C(Cc1ccccc1Cl)c1ccc2c(c1)CCN2. The lowest BCUT2D eigenvalue weighted by Gasteiger charge is -2.06. The van der Waals surface area contributed by atoms with Crippen LogP contribution in [0.4, 0.5) is 5.69 Å². The van der Waals surface area contributed by atoms with Crippen LogP contribution in [0.25, 0.3) is 0 Å². The molecule has 0 radical (unpaired) electrons. The van der Waals surface area contributed by atoms with Gasteiger partial charge in [-0.1, -0.05) is 29.8 Å². The van der Waals surface area contributed by atoms with E-state index in [0.717, 1.165) is 29.8 Å². The highest BCUT2D eigenvalue weighted by Crippen LogP contribution is 2.24. The van der Waals surface area contributed by atoms with Gasteiger partial charge >= 0.3 is 0 Å². The van der Waals surface area contributed by atoms with Gasteiger partial charge in [-0.05, 0) is 41.8 Å². The number of ketones is 1. The summed E-state index contributed by atoms with van der Waals surface area (Å²) in [6.07, 6.45) is 1.34. The third-order valence-electron chi connectivity index (χ3n) is 3.45. The zero-order valence-corrected chi connectivity index (χ0v) is 11.2. The van der Waals surface area contributed by atoms with Crippen molar-refractivity contribution in [3.05, 3.63) is 64.2 Å². The van der Waals surface area contributed by atoms with E-state index in [9.17, 15) is 4.79 Å². The Bertz CT molecular complexity index is 636. The summed E-state index contributed by atoms with van der Waals surface area (Å²) in [5.41, 5.74) is 4.02. The van der Waals surface area contributed by atoms with Gasteiger partial charge < -0.3 is 5.32 Å². The van der Waals surface area contributed by atoms with Crippen LogP contribution in [0.1, 0.15) is 21.5 Å². The Morgan fingerprint density at radius 2 is 2.05 bits per heavy atom. The number of hydrogen-bond donors (Lipinski definition) is 1. The van der Waals surface area contributed by atoms with Crippen molar-refractivity contribution in [2.45, 2.75) is 12.8 Å². The van der Waals surface area contributed by atoms with Gasteiger partial charge in [0.2, 0.25) is 0 Å². The minimum absolute atomic E-state index is 0.114. The number of fused-ring (bicyclic) bond motifs is 1. The topological polar surface area (TPSA) is 29.1 Å². The first kappa shape index (κ1) is 12.2. The molecule has 1 N–H and O–H groups in total. The second-order valence-corrected chi connectivity index (χ2v) is 5.15. The fourth-order valence-corrected chi connectivity index (χ4v) is 2.60. The second-order valence-electron chi connectivity index (χ2n) is 4.74. The predicted molar refractivity (Wildman–Crippen MR) is 78.1 cm³/mol. The van der Waals surface area contributed by atoms with E-state index in [-0.39, 0.29) is 5.78 Å². The molecule has 2 aromatic rings. The summed E-state index contributed by atoms with van der Waals surface area (Å²) >= 11 is 6.09. The molecule has 96 valence electrons. The highest BCUT2D eigenvalue weighted by Gasteiger charge is 2.14. The molecule has 1 aliphatic rings. The lowest BCUT2D eigenvalue weighted by Crippen LogP contribution is -2.04. The fraction of sp³-hybridized carbons (Fsp3) is 0.188. The Labute approximate surface area is 117 Å². The highest BCUT2D eigenvalue weighted by atomic mass is 35.5. The first-order chi connectivity index (χ1) is 9.24. The molecule has 0 saturated heterocycles. The number of benzene rings is 2. The third kappa shape index (κ3) is 2.49. The normalized spacial score (nSPS) is 12.9. The Hall–Kier alpha value is -1.80. The van der Waals surface area contributed by atoms with E-state index < -0.39 is 0 Å². The molecule has 2 aromatic carbocycles. The molecule has 0 bridgehead atoms. The lowest BCUT2D eigenvalue weighted by atomic mass is 10.0. The minimum atomic E-state index is 0.114. The molecule has 3 heteroatoms. The molecule has 0 spiro atoms. The molecule has 0 aliphatic carbocycles. The minimum Gasteiger partial charge on any atom is -0.384 e. The Balaban J connectivity index is 1.83. The van der Waals surface area contributed by atoms with Crippen molar-refractivity contribution in [1.29, 1.82) is 0 Å². The summed E-state index contributed by atoms with van der Waals surface area (Å²) < 4.78 is 0. The molecule has 1 aliphatic heterocycles. The molecular weight excluding hydrogens is 258 g/mol. The molecule has 0 amide bonds. The van der Waals surface area contributed by atoms with E-state index in [1.807, 2.05) is 42.5 Å². The second kappa shape index (κ2) is 5.06. The van der Waals surface area contributed by atoms with Gasteiger partial charge in [-0.15, -0.1) is 0 Å². The van der Waals surface area contributed by atoms with Crippen LogP contribution < -0.4 is 5.32 Å². The number of nitrogens with one attached hydrogen (secondary N) is 1.